The number of anilines is 1. The van der Waals surface area contributed by atoms with Gasteiger partial charge in [-0.2, -0.15) is 0 Å². The molecule has 0 saturated carbocycles. The monoisotopic (exact) mass is 448 g/mol. The van der Waals surface area contributed by atoms with Crippen molar-refractivity contribution in [1.29, 1.82) is 0 Å². The Labute approximate surface area is 216 Å². The number of nitrogens with one attached hydrogen (secondary N) is 1. The Hall–Kier alpha value is -2.19. The second kappa shape index (κ2) is 10.2. The van der Waals surface area contributed by atoms with Crippen LogP contribution in [0.1, 0.15) is 27.0 Å². The van der Waals surface area contributed by atoms with Crippen molar-refractivity contribution in [2.75, 3.05) is 4.72 Å². The third-order valence-electron chi connectivity index (χ3n) is 3.98. The summed E-state index contributed by atoms with van der Waals surface area (Å²) in [7, 11) is -3.79. The molecule has 30 heavy (non-hydrogen) atoms. The molecule has 148 valence electrons. The Morgan fingerprint density at radius 2 is 1.67 bits per heavy atom. The fraction of sp³-hybridized carbons (Fsp3) is 0.0476. The van der Waals surface area contributed by atoms with E-state index in [0.29, 0.717) is 16.7 Å². The van der Waals surface area contributed by atoms with Crippen molar-refractivity contribution < 1.29 is 23.4 Å². The predicted molar refractivity (Wildman–Crippen MR) is 114 cm³/mol. The summed E-state index contributed by atoms with van der Waals surface area (Å²) in [6.07, 6.45) is 1.50. The van der Waals surface area contributed by atoms with Gasteiger partial charge >= 0.3 is 57.4 Å². The SMILES string of the molecule is Cc1cccnc1NS(=O)(=O)c1ccc(C#Cc2ccc(O)c(C(=O)O)c2)cc1.[KH]. The first kappa shape index (κ1) is 24.1. The molecule has 3 rings (SSSR count). The van der Waals surface area contributed by atoms with Crippen molar-refractivity contribution in [2.45, 2.75) is 11.8 Å². The van der Waals surface area contributed by atoms with Gasteiger partial charge in [0.05, 0.1) is 4.90 Å². The van der Waals surface area contributed by atoms with Crippen LogP contribution in [0.4, 0.5) is 5.82 Å². The van der Waals surface area contributed by atoms with Crippen LogP contribution in [0.5, 0.6) is 5.75 Å². The fourth-order valence-corrected chi connectivity index (χ4v) is 3.51. The summed E-state index contributed by atoms with van der Waals surface area (Å²) < 4.78 is 27.5. The van der Waals surface area contributed by atoms with Crippen LogP contribution >= 0.6 is 0 Å². The minimum absolute atomic E-state index is 0. The van der Waals surface area contributed by atoms with Crippen LogP contribution in [0.25, 0.3) is 0 Å². The average Bonchev–Trinajstić information content (AvgIpc) is 2.69. The van der Waals surface area contributed by atoms with Crippen LogP contribution in [0.3, 0.4) is 0 Å². The number of carboxylic acids is 1. The summed E-state index contributed by atoms with van der Waals surface area (Å²) >= 11 is 0. The normalized spacial score (nSPS) is 10.3. The van der Waals surface area contributed by atoms with Gasteiger partial charge in [0, 0.05) is 17.3 Å². The van der Waals surface area contributed by atoms with E-state index in [4.69, 9.17) is 5.11 Å². The zero-order valence-corrected chi connectivity index (χ0v) is 16.1. The number of aryl methyl sites for hydroxylation is 1. The van der Waals surface area contributed by atoms with Gasteiger partial charge in [0.2, 0.25) is 0 Å². The Morgan fingerprint density at radius 3 is 2.30 bits per heavy atom. The Bertz CT molecular complexity index is 1250. The Balaban J connectivity index is 0.00000320. The third kappa shape index (κ3) is 5.92. The van der Waals surface area contributed by atoms with E-state index in [-0.39, 0.29) is 73.4 Å². The molecule has 3 N–H and O–H groups in total. The van der Waals surface area contributed by atoms with E-state index in [1.165, 1.54) is 36.5 Å². The maximum absolute atomic E-state index is 12.5. The molecule has 0 spiro atoms. The molecule has 9 heteroatoms. The van der Waals surface area contributed by atoms with Crippen molar-refractivity contribution in [1.82, 2.24) is 4.98 Å². The number of benzene rings is 2. The first-order valence-corrected chi connectivity index (χ1v) is 9.87. The Kier molecular flexibility index (Phi) is 8.20. The van der Waals surface area contributed by atoms with Gasteiger partial charge < -0.3 is 10.2 Å². The number of rotatable bonds is 4. The van der Waals surface area contributed by atoms with Crippen molar-refractivity contribution in [3.05, 3.63) is 83.0 Å². The van der Waals surface area contributed by atoms with Gasteiger partial charge in [0.1, 0.15) is 17.1 Å². The molecule has 3 aromatic rings. The standard InChI is InChI=1S/C21H16N2O5S.K.H/c1-14-3-2-12-22-20(14)23-29(27,28)17-9-6-15(7-10-17)4-5-16-8-11-19(24)18(13-16)21(25)26;;/h2-3,6-13,24H,1H3,(H,22,23)(H,25,26);;. The summed E-state index contributed by atoms with van der Waals surface area (Å²) in [5, 5.41) is 18.6. The number of hydrogen-bond donors (Lipinski definition) is 3. The van der Waals surface area contributed by atoms with E-state index in [1.54, 1.807) is 31.2 Å². The molecule has 0 bridgehead atoms. The molecule has 0 saturated heterocycles. The molecule has 1 aromatic heterocycles. The fourth-order valence-electron chi connectivity index (χ4n) is 2.43. The van der Waals surface area contributed by atoms with Gasteiger partial charge in [-0.25, -0.2) is 18.2 Å². The molecule has 0 fully saturated rings. The molecule has 2 aromatic carbocycles. The molecule has 0 unspecified atom stereocenters. The first-order valence-electron chi connectivity index (χ1n) is 8.39. The molecular weight excluding hydrogens is 431 g/mol. The molecule has 0 radical (unpaired) electrons. The van der Waals surface area contributed by atoms with E-state index in [2.05, 4.69) is 21.5 Å². The van der Waals surface area contributed by atoms with Gasteiger partial charge in [-0.3, -0.25) is 4.72 Å². The van der Waals surface area contributed by atoms with Crippen LogP contribution in [-0.4, -0.2) is 81.0 Å². The second-order valence-corrected chi connectivity index (χ2v) is 7.77. The molecule has 0 aliphatic carbocycles. The zero-order chi connectivity index (χ0) is 21.0. The molecule has 0 atom stereocenters. The van der Waals surface area contributed by atoms with E-state index < -0.39 is 16.0 Å². The summed E-state index contributed by atoms with van der Waals surface area (Å²) in [5.74, 6) is 4.29. The van der Waals surface area contributed by atoms with Gasteiger partial charge in [-0.05, 0) is 61.0 Å². The summed E-state index contributed by atoms with van der Waals surface area (Å²) in [6.45, 7) is 1.75. The molecule has 0 aliphatic heterocycles. The van der Waals surface area contributed by atoms with E-state index >= 15 is 0 Å². The van der Waals surface area contributed by atoms with Gasteiger partial charge in [-0.1, -0.05) is 17.9 Å². The minimum atomic E-state index is -3.79. The average molecular weight is 449 g/mol. The van der Waals surface area contributed by atoms with E-state index in [1.807, 2.05) is 0 Å². The van der Waals surface area contributed by atoms with Crippen LogP contribution in [0, 0.1) is 18.8 Å². The van der Waals surface area contributed by atoms with Gasteiger partial charge in [0.15, 0.2) is 0 Å². The van der Waals surface area contributed by atoms with Crippen LogP contribution in [-0.2, 0) is 10.0 Å². The van der Waals surface area contributed by atoms with Crippen molar-refractivity contribution in [2.24, 2.45) is 0 Å². The van der Waals surface area contributed by atoms with Gasteiger partial charge in [0.25, 0.3) is 10.0 Å². The number of aromatic nitrogens is 1. The van der Waals surface area contributed by atoms with E-state index in [0.717, 1.165) is 0 Å². The first-order chi connectivity index (χ1) is 13.8. The van der Waals surface area contributed by atoms with Crippen molar-refractivity contribution in [3.63, 3.8) is 0 Å². The summed E-state index contributed by atoms with van der Waals surface area (Å²) in [4.78, 5) is 15.1. The number of phenols is 1. The summed E-state index contributed by atoms with van der Waals surface area (Å²) in [6, 6.07) is 13.4. The van der Waals surface area contributed by atoms with Crippen LogP contribution in [0.2, 0.25) is 0 Å². The number of pyridine rings is 1. The van der Waals surface area contributed by atoms with Crippen LogP contribution in [0.15, 0.2) is 65.7 Å². The second-order valence-electron chi connectivity index (χ2n) is 6.09. The molecule has 0 aliphatic rings. The third-order valence-corrected chi connectivity index (χ3v) is 5.34. The van der Waals surface area contributed by atoms with Gasteiger partial charge in [-0.15, -0.1) is 0 Å². The van der Waals surface area contributed by atoms with Crippen LogP contribution < -0.4 is 4.72 Å². The molecule has 0 amide bonds. The quantitative estimate of drug-likeness (QED) is 0.417. The number of nitrogens with zero attached hydrogens (tertiary/aromatic N) is 1. The van der Waals surface area contributed by atoms with Crippen molar-refractivity contribution >= 4 is 73.2 Å². The molecule has 1 heterocycles. The molecular formula is C21H17KN2O5S. The Morgan fingerprint density at radius 1 is 1.03 bits per heavy atom. The van der Waals surface area contributed by atoms with E-state index in [9.17, 15) is 18.3 Å². The number of carbonyl (C=O) groups is 1. The number of hydrogen-bond acceptors (Lipinski definition) is 5. The molecule has 7 nitrogen and oxygen atoms in total. The van der Waals surface area contributed by atoms with Crippen molar-refractivity contribution in [3.8, 4) is 17.6 Å². The summed E-state index contributed by atoms with van der Waals surface area (Å²) in [5.41, 5.74) is 1.41. The number of aromatic carboxylic acids is 1. The number of aromatic hydroxyl groups is 1. The zero-order valence-electron chi connectivity index (χ0n) is 15.2. The number of sulfonamides is 1. The topological polar surface area (TPSA) is 117 Å². The predicted octanol–water partition coefficient (Wildman–Crippen LogP) is 2.35. The number of carboxylic acid groups (broad SMARTS) is 1. The maximum atomic E-state index is 12.5.